The maximum Gasteiger partial charge on any atom is 0.253 e. The summed E-state index contributed by atoms with van der Waals surface area (Å²) in [6, 6.07) is 15.6. The van der Waals surface area contributed by atoms with E-state index in [1.165, 1.54) is 0 Å². The van der Waals surface area contributed by atoms with Crippen LogP contribution >= 0.6 is 0 Å². The second-order valence-corrected chi connectivity index (χ2v) is 4.20. The van der Waals surface area contributed by atoms with Crippen LogP contribution in [0.5, 0.6) is 0 Å². The molecule has 0 N–H and O–H groups in total. The Kier molecular flexibility index (Phi) is 3.59. The molecule has 0 radical (unpaired) electrons. The van der Waals surface area contributed by atoms with Gasteiger partial charge in [0.05, 0.1) is 12.5 Å². The smallest absolute Gasteiger partial charge is 0.253 e. The van der Waals surface area contributed by atoms with Crippen LogP contribution in [0.25, 0.3) is 10.8 Å². The van der Waals surface area contributed by atoms with Gasteiger partial charge in [-0.1, -0.05) is 30.3 Å². The van der Waals surface area contributed by atoms with E-state index >= 15 is 0 Å². The third kappa shape index (κ3) is 2.49. The number of fused-ring (bicyclic) bond motifs is 1. The van der Waals surface area contributed by atoms with Crippen LogP contribution in [0.3, 0.4) is 0 Å². The molecule has 0 aliphatic carbocycles. The molecule has 3 nitrogen and oxygen atoms in total. The Balaban J connectivity index is 2.25. The van der Waals surface area contributed by atoms with Crippen molar-refractivity contribution in [2.45, 2.75) is 6.42 Å². The summed E-state index contributed by atoms with van der Waals surface area (Å²) in [6.07, 6.45) is 0.357. The molecule has 0 bridgehead atoms. The molecule has 0 spiro atoms. The number of rotatable bonds is 3. The van der Waals surface area contributed by atoms with Gasteiger partial charge < -0.3 is 4.90 Å². The Hall–Kier alpha value is -2.34. The number of nitriles is 1. The van der Waals surface area contributed by atoms with Gasteiger partial charge in [-0.25, -0.2) is 0 Å². The average molecular weight is 238 g/mol. The summed E-state index contributed by atoms with van der Waals surface area (Å²) in [7, 11) is 1.72. The number of benzene rings is 2. The minimum absolute atomic E-state index is 0.0454. The van der Waals surface area contributed by atoms with E-state index in [2.05, 4.69) is 0 Å². The molecule has 2 aromatic rings. The van der Waals surface area contributed by atoms with Crippen LogP contribution in [0, 0.1) is 11.3 Å². The molecule has 0 saturated heterocycles. The fourth-order valence-corrected chi connectivity index (χ4v) is 1.86. The summed E-state index contributed by atoms with van der Waals surface area (Å²) in [5.74, 6) is -0.0454. The Morgan fingerprint density at radius 3 is 2.67 bits per heavy atom. The Labute approximate surface area is 106 Å². The summed E-state index contributed by atoms with van der Waals surface area (Å²) < 4.78 is 0. The molecule has 18 heavy (non-hydrogen) atoms. The zero-order valence-electron chi connectivity index (χ0n) is 10.3. The van der Waals surface area contributed by atoms with Gasteiger partial charge in [0.2, 0.25) is 0 Å². The van der Waals surface area contributed by atoms with E-state index in [1.54, 1.807) is 11.9 Å². The third-order valence-corrected chi connectivity index (χ3v) is 2.90. The number of amides is 1. The van der Waals surface area contributed by atoms with Crippen molar-refractivity contribution in [3.8, 4) is 6.07 Å². The summed E-state index contributed by atoms with van der Waals surface area (Å²) in [4.78, 5) is 13.7. The van der Waals surface area contributed by atoms with Gasteiger partial charge in [0.25, 0.3) is 5.91 Å². The molecular formula is C15H14N2O. The highest BCUT2D eigenvalue weighted by Crippen LogP contribution is 2.16. The maximum absolute atomic E-state index is 12.1. The molecule has 2 aromatic carbocycles. The normalized spacial score (nSPS) is 10.0. The Bertz CT molecular complexity index is 613. The van der Waals surface area contributed by atoms with Gasteiger partial charge in [-0.05, 0) is 22.9 Å². The minimum Gasteiger partial charge on any atom is -0.341 e. The first-order chi connectivity index (χ1) is 8.72. The van der Waals surface area contributed by atoms with Crippen molar-refractivity contribution in [2.75, 3.05) is 13.6 Å². The van der Waals surface area contributed by atoms with Crippen LogP contribution in [0.15, 0.2) is 42.5 Å². The van der Waals surface area contributed by atoms with Gasteiger partial charge in [-0.2, -0.15) is 5.26 Å². The molecule has 0 aliphatic rings. The predicted octanol–water partition coefficient (Wildman–Crippen LogP) is 2.83. The van der Waals surface area contributed by atoms with Crippen molar-refractivity contribution in [1.82, 2.24) is 4.90 Å². The first-order valence-electron chi connectivity index (χ1n) is 5.83. The van der Waals surface area contributed by atoms with Crippen LogP contribution in [0.1, 0.15) is 16.8 Å². The molecule has 1 amide bonds. The average Bonchev–Trinajstić information content (AvgIpc) is 2.43. The number of carbonyl (C=O) groups is 1. The summed E-state index contributed by atoms with van der Waals surface area (Å²) in [6.45, 7) is 0.460. The van der Waals surface area contributed by atoms with E-state index in [9.17, 15) is 4.79 Å². The van der Waals surface area contributed by atoms with Crippen molar-refractivity contribution >= 4 is 16.7 Å². The maximum atomic E-state index is 12.1. The highest BCUT2D eigenvalue weighted by Gasteiger charge is 2.11. The Morgan fingerprint density at radius 2 is 1.94 bits per heavy atom. The van der Waals surface area contributed by atoms with E-state index in [1.807, 2.05) is 48.5 Å². The zero-order chi connectivity index (χ0) is 13.0. The molecule has 3 heteroatoms. The second kappa shape index (κ2) is 5.33. The predicted molar refractivity (Wildman–Crippen MR) is 71.1 cm³/mol. The molecule has 0 aliphatic heterocycles. The largest absolute Gasteiger partial charge is 0.341 e. The molecule has 0 fully saturated rings. The lowest BCUT2D eigenvalue weighted by Crippen LogP contribution is -2.27. The van der Waals surface area contributed by atoms with Crippen LogP contribution < -0.4 is 0 Å². The minimum atomic E-state index is -0.0454. The molecule has 2 rings (SSSR count). The lowest BCUT2D eigenvalue weighted by Gasteiger charge is -2.15. The first-order valence-corrected chi connectivity index (χ1v) is 5.83. The first kappa shape index (κ1) is 12.1. The van der Waals surface area contributed by atoms with Crippen LogP contribution in [-0.2, 0) is 0 Å². The van der Waals surface area contributed by atoms with Crippen LogP contribution in [-0.4, -0.2) is 24.4 Å². The number of hydrogen-bond donors (Lipinski definition) is 0. The van der Waals surface area contributed by atoms with Crippen molar-refractivity contribution < 1.29 is 4.79 Å². The molecule has 0 aromatic heterocycles. The number of carbonyl (C=O) groups excluding carboxylic acids is 1. The fourth-order valence-electron chi connectivity index (χ4n) is 1.86. The summed E-state index contributed by atoms with van der Waals surface area (Å²) in [5.41, 5.74) is 0.661. The van der Waals surface area contributed by atoms with Gasteiger partial charge in [0.15, 0.2) is 0 Å². The summed E-state index contributed by atoms with van der Waals surface area (Å²) >= 11 is 0. The second-order valence-electron chi connectivity index (χ2n) is 4.20. The fraction of sp³-hybridized carbons (Fsp3) is 0.200. The van der Waals surface area contributed by atoms with E-state index in [0.29, 0.717) is 18.5 Å². The van der Waals surface area contributed by atoms with Gasteiger partial charge in [0, 0.05) is 19.2 Å². The number of nitrogens with zero attached hydrogens (tertiary/aromatic N) is 2. The monoisotopic (exact) mass is 238 g/mol. The van der Waals surface area contributed by atoms with Crippen molar-refractivity contribution in [1.29, 1.82) is 5.26 Å². The van der Waals surface area contributed by atoms with Gasteiger partial charge in [0.1, 0.15) is 0 Å². The van der Waals surface area contributed by atoms with Crippen molar-refractivity contribution in [3.05, 3.63) is 48.0 Å². The van der Waals surface area contributed by atoms with E-state index in [0.717, 1.165) is 10.8 Å². The lowest BCUT2D eigenvalue weighted by atomic mass is 10.1. The van der Waals surface area contributed by atoms with E-state index in [-0.39, 0.29) is 5.91 Å². The SMILES string of the molecule is CN(CCC#N)C(=O)c1ccc2ccccc2c1. The lowest BCUT2D eigenvalue weighted by molar-refractivity contribution is 0.0798. The molecule has 0 heterocycles. The molecule has 0 atom stereocenters. The highest BCUT2D eigenvalue weighted by atomic mass is 16.2. The van der Waals surface area contributed by atoms with E-state index < -0.39 is 0 Å². The van der Waals surface area contributed by atoms with Gasteiger partial charge in [-0.3, -0.25) is 4.79 Å². The van der Waals surface area contributed by atoms with E-state index in [4.69, 9.17) is 5.26 Å². The standard InChI is InChI=1S/C15H14N2O/c1-17(10-4-9-16)15(18)14-8-7-12-5-2-3-6-13(12)11-14/h2-3,5-8,11H,4,10H2,1H3. The molecule has 90 valence electrons. The zero-order valence-corrected chi connectivity index (χ0v) is 10.3. The topological polar surface area (TPSA) is 44.1 Å². The quantitative estimate of drug-likeness (QED) is 0.825. The van der Waals surface area contributed by atoms with Crippen molar-refractivity contribution in [2.24, 2.45) is 0 Å². The molecule has 0 unspecified atom stereocenters. The summed E-state index contributed by atoms with van der Waals surface area (Å²) in [5, 5.41) is 10.7. The molecular weight excluding hydrogens is 224 g/mol. The third-order valence-electron chi connectivity index (χ3n) is 2.90. The van der Waals surface area contributed by atoms with Crippen molar-refractivity contribution in [3.63, 3.8) is 0 Å². The van der Waals surface area contributed by atoms with Gasteiger partial charge in [-0.15, -0.1) is 0 Å². The van der Waals surface area contributed by atoms with Crippen LogP contribution in [0.4, 0.5) is 0 Å². The Morgan fingerprint density at radius 1 is 1.22 bits per heavy atom. The van der Waals surface area contributed by atoms with Crippen LogP contribution in [0.2, 0.25) is 0 Å². The molecule has 0 saturated carbocycles. The number of hydrogen-bond acceptors (Lipinski definition) is 2. The highest BCUT2D eigenvalue weighted by molar-refractivity contribution is 5.98. The van der Waals surface area contributed by atoms with Gasteiger partial charge >= 0.3 is 0 Å².